The Morgan fingerprint density at radius 2 is 2.00 bits per heavy atom. The van der Waals surface area contributed by atoms with E-state index in [0.717, 1.165) is 22.9 Å². The molecule has 2 nitrogen and oxygen atoms in total. The maximum Gasteiger partial charge on any atom is 0.253 e. The van der Waals surface area contributed by atoms with Crippen molar-refractivity contribution in [1.29, 1.82) is 0 Å². The summed E-state index contributed by atoms with van der Waals surface area (Å²) in [6, 6.07) is 8.25. The molecule has 0 aliphatic carbocycles. The Labute approximate surface area is 89.2 Å². The number of rotatable bonds is 1. The minimum absolute atomic E-state index is 0.0933. The van der Waals surface area contributed by atoms with Crippen molar-refractivity contribution >= 4 is 10.9 Å². The third-order valence-corrected chi connectivity index (χ3v) is 2.88. The number of fused-ring (bicyclic) bond motifs is 1. The van der Waals surface area contributed by atoms with E-state index in [4.69, 9.17) is 0 Å². The molecule has 0 unspecified atom stereocenters. The van der Waals surface area contributed by atoms with Crippen LogP contribution in [0.5, 0.6) is 0 Å². The largest absolute Gasteiger partial charge is 0.311 e. The number of aromatic nitrogens is 1. The standard InChI is InChI=1S/C13H15NO/c1-4-10-5-6-11-7-9(2)13(15)14(3)12(11)8-10/h5-8H,4H2,1-3H3. The highest BCUT2D eigenvalue weighted by atomic mass is 16.1. The molecule has 0 fully saturated rings. The maximum absolute atomic E-state index is 11.7. The first kappa shape index (κ1) is 9.97. The van der Waals surface area contributed by atoms with E-state index in [1.54, 1.807) is 4.57 Å². The van der Waals surface area contributed by atoms with Crippen molar-refractivity contribution < 1.29 is 0 Å². The molecule has 0 bridgehead atoms. The first-order chi connectivity index (χ1) is 7.13. The van der Waals surface area contributed by atoms with Gasteiger partial charge in [-0.3, -0.25) is 4.79 Å². The molecule has 15 heavy (non-hydrogen) atoms. The van der Waals surface area contributed by atoms with Gasteiger partial charge in [-0.2, -0.15) is 0 Å². The number of nitrogens with zero attached hydrogens (tertiary/aromatic N) is 1. The van der Waals surface area contributed by atoms with Crippen LogP contribution < -0.4 is 5.56 Å². The Hall–Kier alpha value is -1.57. The molecule has 1 aromatic carbocycles. The topological polar surface area (TPSA) is 22.0 Å². The molecule has 0 aliphatic rings. The SMILES string of the molecule is CCc1ccc2cc(C)c(=O)n(C)c2c1. The molecular weight excluding hydrogens is 186 g/mol. The highest BCUT2D eigenvalue weighted by Crippen LogP contribution is 2.15. The summed E-state index contributed by atoms with van der Waals surface area (Å²) in [5.74, 6) is 0. The van der Waals surface area contributed by atoms with Gasteiger partial charge in [-0.25, -0.2) is 0 Å². The van der Waals surface area contributed by atoms with E-state index < -0.39 is 0 Å². The smallest absolute Gasteiger partial charge is 0.253 e. The molecule has 2 rings (SSSR count). The van der Waals surface area contributed by atoms with Crippen LogP contribution in [0.1, 0.15) is 18.1 Å². The molecule has 0 atom stereocenters. The van der Waals surface area contributed by atoms with Gasteiger partial charge in [-0.1, -0.05) is 19.1 Å². The van der Waals surface area contributed by atoms with Gasteiger partial charge in [0.15, 0.2) is 0 Å². The van der Waals surface area contributed by atoms with E-state index in [-0.39, 0.29) is 5.56 Å². The number of benzene rings is 1. The maximum atomic E-state index is 11.7. The van der Waals surface area contributed by atoms with Gasteiger partial charge < -0.3 is 4.57 Å². The zero-order valence-electron chi connectivity index (χ0n) is 9.37. The van der Waals surface area contributed by atoms with Crippen molar-refractivity contribution in [3.05, 3.63) is 45.7 Å². The molecule has 1 aromatic heterocycles. The zero-order chi connectivity index (χ0) is 11.0. The Morgan fingerprint density at radius 1 is 1.27 bits per heavy atom. The molecule has 0 radical (unpaired) electrons. The molecule has 0 aliphatic heterocycles. The second-order valence-electron chi connectivity index (χ2n) is 3.94. The number of aryl methyl sites for hydroxylation is 3. The number of pyridine rings is 1. The second kappa shape index (κ2) is 3.54. The van der Waals surface area contributed by atoms with Crippen molar-refractivity contribution in [2.24, 2.45) is 7.05 Å². The average Bonchev–Trinajstić information content (AvgIpc) is 2.26. The Morgan fingerprint density at radius 3 is 2.67 bits per heavy atom. The van der Waals surface area contributed by atoms with Crippen molar-refractivity contribution in [2.75, 3.05) is 0 Å². The van der Waals surface area contributed by atoms with E-state index in [1.807, 2.05) is 20.0 Å². The van der Waals surface area contributed by atoms with Crippen LogP contribution in [-0.4, -0.2) is 4.57 Å². The van der Waals surface area contributed by atoms with E-state index in [0.29, 0.717) is 0 Å². The van der Waals surface area contributed by atoms with Gasteiger partial charge in [0.1, 0.15) is 0 Å². The van der Waals surface area contributed by atoms with E-state index in [9.17, 15) is 4.79 Å². The van der Waals surface area contributed by atoms with Crippen LogP contribution in [-0.2, 0) is 13.5 Å². The molecule has 0 saturated heterocycles. The lowest BCUT2D eigenvalue weighted by molar-refractivity contribution is 0.891. The lowest BCUT2D eigenvalue weighted by Crippen LogP contribution is -2.19. The first-order valence-corrected chi connectivity index (χ1v) is 5.22. The van der Waals surface area contributed by atoms with Crippen molar-refractivity contribution in [3.8, 4) is 0 Å². The number of hydrogen-bond donors (Lipinski definition) is 0. The Bertz CT molecular complexity index is 566. The summed E-state index contributed by atoms with van der Waals surface area (Å²) >= 11 is 0. The van der Waals surface area contributed by atoms with Gasteiger partial charge in [0.05, 0.1) is 5.52 Å². The monoisotopic (exact) mass is 201 g/mol. The minimum Gasteiger partial charge on any atom is -0.311 e. The molecular formula is C13H15NO. The fourth-order valence-corrected chi connectivity index (χ4v) is 1.89. The predicted molar refractivity (Wildman–Crippen MR) is 63.3 cm³/mol. The summed E-state index contributed by atoms with van der Waals surface area (Å²) < 4.78 is 1.73. The Kier molecular flexibility index (Phi) is 2.35. The lowest BCUT2D eigenvalue weighted by atomic mass is 10.1. The third kappa shape index (κ3) is 1.56. The van der Waals surface area contributed by atoms with Crippen LogP contribution in [0.15, 0.2) is 29.1 Å². The van der Waals surface area contributed by atoms with Gasteiger partial charge in [0, 0.05) is 12.6 Å². The summed E-state index contributed by atoms with van der Waals surface area (Å²) in [5.41, 5.74) is 3.18. The van der Waals surface area contributed by atoms with E-state index >= 15 is 0 Å². The van der Waals surface area contributed by atoms with Gasteiger partial charge in [-0.05, 0) is 36.4 Å². The summed E-state index contributed by atoms with van der Waals surface area (Å²) in [7, 11) is 1.83. The highest BCUT2D eigenvalue weighted by Gasteiger charge is 2.03. The van der Waals surface area contributed by atoms with Crippen molar-refractivity contribution in [1.82, 2.24) is 4.57 Å². The lowest BCUT2D eigenvalue weighted by Gasteiger charge is -2.07. The summed E-state index contributed by atoms with van der Waals surface area (Å²) in [6.45, 7) is 3.98. The Balaban J connectivity index is 2.88. The van der Waals surface area contributed by atoms with Gasteiger partial charge in [0.2, 0.25) is 0 Å². The molecule has 78 valence electrons. The van der Waals surface area contributed by atoms with Crippen LogP contribution in [0, 0.1) is 6.92 Å². The fourth-order valence-electron chi connectivity index (χ4n) is 1.89. The van der Waals surface area contributed by atoms with Crippen molar-refractivity contribution in [3.63, 3.8) is 0 Å². The van der Waals surface area contributed by atoms with E-state index in [2.05, 4.69) is 25.1 Å². The molecule has 2 aromatic rings. The summed E-state index contributed by atoms with van der Waals surface area (Å²) in [5, 5.41) is 1.13. The third-order valence-electron chi connectivity index (χ3n) is 2.88. The molecule has 2 heteroatoms. The first-order valence-electron chi connectivity index (χ1n) is 5.22. The van der Waals surface area contributed by atoms with E-state index in [1.165, 1.54) is 5.56 Å². The van der Waals surface area contributed by atoms with Crippen molar-refractivity contribution in [2.45, 2.75) is 20.3 Å². The zero-order valence-corrected chi connectivity index (χ0v) is 9.37. The van der Waals surface area contributed by atoms with Crippen LogP contribution >= 0.6 is 0 Å². The highest BCUT2D eigenvalue weighted by molar-refractivity contribution is 5.80. The second-order valence-corrected chi connectivity index (χ2v) is 3.94. The molecule has 1 heterocycles. The van der Waals surface area contributed by atoms with Crippen LogP contribution in [0.25, 0.3) is 10.9 Å². The quantitative estimate of drug-likeness (QED) is 0.694. The average molecular weight is 201 g/mol. The van der Waals surface area contributed by atoms with Gasteiger partial charge in [-0.15, -0.1) is 0 Å². The predicted octanol–water partition coefficient (Wildman–Crippen LogP) is 2.41. The normalized spacial score (nSPS) is 10.9. The summed E-state index contributed by atoms with van der Waals surface area (Å²) in [6.07, 6.45) is 0.998. The van der Waals surface area contributed by atoms with Crippen LogP contribution in [0.3, 0.4) is 0 Å². The van der Waals surface area contributed by atoms with Crippen LogP contribution in [0.4, 0.5) is 0 Å². The van der Waals surface area contributed by atoms with Crippen LogP contribution in [0.2, 0.25) is 0 Å². The number of hydrogen-bond acceptors (Lipinski definition) is 1. The van der Waals surface area contributed by atoms with Gasteiger partial charge in [0.25, 0.3) is 5.56 Å². The minimum atomic E-state index is 0.0933. The fraction of sp³-hybridized carbons (Fsp3) is 0.308. The molecule has 0 saturated carbocycles. The molecule has 0 amide bonds. The summed E-state index contributed by atoms with van der Waals surface area (Å²) in [4.78, 5) is 11.7. The van der Waals surface area contributed by atoms with Gasteiger partial charge >= 0.3 is 0 Å². The molecule has 0 spiro atoms. The molecule has 0 N–H and O–H groups in total.